The Morgan fingerprint density at radius 3 is 2.41 bits per heavy atom. The molecule has 0 bridgehead atoms. The lowest BCUT2D eigenvalue weighted by Crippen LogP contribution is -2.49. The Bertz CT molecular complexity index is 223. The summed E-state index contributed by atoms with van der Waals surface area (Å²) in [5.41, 5.74) is 0. The first-order valence-electron chi connectivity index (χ1n) is 6.78. The van der Waals surface area contributed by atoms with E-state index in [2.05, 4.69) is 24.1 Å². The average Bonchev–Trinajstić information content (AvgIpc) is 2.29. The zero-order valence-electron chi connectivity index (χ0n) is 11.5. The van der Waals surface area contributed by atoms with E-state index >= 15 is 0 Å². The molecule has 1 heterocycles. The molecule has 100 valence electrons. The van der Waals surface area contributed by atoms with Gasteiger partial charge in [-0.3, -0.25) is 9.69 Å². The van der Waals surface area contributed by atoms with Crippen molar-refractivity contribution in [2.45, 2.75) is 26.7 Å². The van der Waals surface area contributed by atoms with Crippen LogP contribution in [-0.2, 0) is 4.79 Å². The molecule has 1 rings (SSSR count). The van der Waals surface area contributed by atoms with Gasteiger partial charge >= 0.3 is 0 Å². The lowest BCUT2D eigenvalue weighted by molar-refractivity contribution is -0.133. The van der Waals surface area contributed by atoms with Crippen molar-refractivity contribution in [3.05, 3.63) is 0 Å². The zero-order chi connectivity index (χ0) is 12.7. The van der Waals surface area contributed by atoms with Gasteiger partial charge in [-0.05, 0) is 25.9 Å². The van der Waals surface area contributed by atoms with E-state index in [9.17, 15) is 4.79 Å². The summed E-state index contributed by atoms with van der Waals surface area (Å²) in [5.74, 6) is 1.04. The second-order valence-electron chi connectivity index (χ2n) is 5.28. The number of rotatable bonds is 6. The van der Waals surface area contributed by atoms with Gasteiger partial charge in [0.1, 0.15) is 0 Å². The highest BCUT2D eigenvalue weighted by Crippen LogP contribution is 2.07. The Morgan fingerprint density at radius 2 is 1.88 bits per heavy atom. The molecule has 1 amide bonds. The van der Waals surface area contributed by atoms with Crippen LogP contribution in [0.3, 0.4) is 0 Å². The van der Waals surface area contributed by atoms with Crippen LogP contribution >= 0.6 is 0 Å². The zero-order valence-corrected chi connectivity index (χ0v) is 11.5. The quantitative estimate of drug-likeness (QED) is 0.698. The van der Waals surface area contributed by atoms with Crippen LogP contribution in [0.5, 0.6) is 0 Å². The van der Waals surface area contributed by atoms with Crippen LogP contribution in [0.25, 0.3) is 0 Å². The molecular formula is C13H27N3O. The smallest absolute Gasteiger partial charge is 0.222 e. The average molecular weight is 241 g/mol. The van der Waals surface area contributed by atoms with Gasteiger partial charge in [0.15, 0.2) is 0 Å². The van der Waals surface area contributed by atoms with E-state index in [0.717, 1.165) is 45.7 Å². The third-order valence-electron chi connectivity index (χ3n) is 3.17. The largest absolute Gasteiger partial charge is 0.340 e. The highest BCUT2D eigenvalue weighted by Gasteiger charge is 2.20. The second kappa shape index (κ2) is 7.67. The molecule has 1 aliphatic heterocycles. The van der Waals surface area contributed by atoms with Gasteiger partial charge in [0.25, 0.3) is 0 Å². The predicted molar refractivity (Wildman–Crippen MR) is 71.0 cm³/mol. The lowest BCUT2D eigenvalue weighted by Gasteiger charge is -2.35. The highest BCUT2D eigenvalue weighted by molar-refractivity contribution is 5.76. The molecule has 0 atom stereocenters. The minimum absolute atomic E-state index is 0.324. The number of nitrogens with one attached hydrogen (secondary N) is 1. The molecule has 1 N–H and O–H groups in total. The standard InChI is InChI=1S/C13H27N3O/c1-12(2)11-15-7-9-16(10-8-15)13(17)5-4-6-14-3/h12,14H,4-11H2,1-3H3. The van der Waals surface area contributed by atoms with E-state index in [1.807, 2.05) is 11.9 Å². The van der Waals surface area contributed by atoms with Crippen molar-refractivity contribution in [3.8, 4) is 0 Å². The maximum Gasteiger partial charge on any atom is 0.222 e. The maximum atomic E-state index is 11.9. The van der Waals surface area contributed by atoms with Gasteiger partial charge < -0.3 is 10.2 Å². The molecule has 1 aliphatic rings. The van der Waals surface area contributed by atoms with E-state index in [1.54, 1.807) is 0 Å². The fourth-order valence-electron chi connectivity index (χ4n) is 2.27. The van der Waals surface area contributed by atoms with Crippen molar-refractivity contribution >= 4 is 5.91 Å². The van der Waals surface area contributed by atoms with Crippen molar-refractivity contribution in [2.24, 2.45) is 5.92 Å². The summed E-state index contributed by atoms with van der Waals surface area (Å²) in [6.45, 7) is 10.5. The summed E-state index contributed by atoms with van der Waals surface area (Å²) in [6, 6.07) is 0. The number of carbonyl (C=O) groups excluding carboxylic acids is 1. The maximum absolute atomic E-state index is 11.9. The molecule has 4 nitrogen and oxygen atoms in total. The van der Waals surface area contributed by atoms with Gasteiger partial charge in [-0.1, -0.05) is 13.8 Å². The van der Waals surface area contributed by atoms with Gasteiger partial charge in [-0.25, -0.2) is 0 Å². The molecule has 0 radical (unpaired) electrons. The van der Waals surface area contributed by atoms with Crippen molar-refractivity contribution in [3.63, 3.8) is 0 Å². The van der Waals surface area contributed by atoms with Gasteiger partial charge in [0, 0.05) is 39.1 Å². The molecule has 17 heavy (non-hydrogen) atoms. The van der Waals surface area contributed by atoms with Gasteiger partial charge in [-0.15, -0.1) is 0 Å². The van der Waals surface area contributed by atoms with Gasteiger partial charge in [0.05, 0.1) is 0 Å². The van der Waals surface area contributed by atoms with E-state index in [1.165, 1.54) is 0 Å². The molecule has 1 saturated heterocycles. The molecule has 0 saturated carbocycles. The topological polar surface area (TPSA) is 35.6 Å². The SMILES string of the molecule is CNCCCC(=O)N1CCN(CC(C)C)CC1. The first kappa shape index (κ1) is 14.5. The summed E-state index contributed by atoms with van der Waals surface area (Å²) in [6.07, 6.45) is 1.63. The molecule has 1 fully saturated rings. The van der Waals surface area contributed by atoms with Crippen LogP contribution in [0.2, 0.25) is 0 Å². The molecule has 0 aromatic rings. The Hall–Kier alpha value is -0.610. The number of nitrogens with zero attached hydrogens (tertiary/aromatic N) is 2. The first-order chi connectivity index (χ1) is 8.13. The molecule has 0 unspecified atom stereocenters. The first-order valence-corrected chi connectivity index (χ1v) is 6.78. The minimum Gasteiger partial charge on any atom is -0.340 e. The fourth-order valence-corrected chi connectivity index (χ4v) is 2.27. The molecule has 4 heteroatoms. The fraction of sp³-hybridized carbons (Fsp3) is 0.923. The number of carbonyl (C=O) groups is 1. The van der Waals surface area contributed by atoms with Crippen molar-refractivity contribution in [1.29, 1.82) is 0 Å². The van der Waals surface area contributed by atoms with Crippen molar-refractivity contribution in [2.75, 3.05) is 46.3 Å². The number of amides is 1. The molecule has 0 aromatic carbocycles. The van der Waals surface area contributed by atoms with Gasteiger partial charge in [0.2, 0.25) is 5.91 Å². The summed E-state index contributed by atoms with van der Waals surface area (Å²) in [7, 11) is 1.93. The summed E-state index contributed by atoms with van der Waals surface area (Å²) in [4.78, 5) is 16.4. The molecule has 0 aromatic heterocycles. The predicted octanol–water partition coefficient (Wildman–Crippen LogP) is 0.786. The molecule has 0 aliphatic carbocycles. The van der Waals surface area contributed by atoms with Crippen LogP contribution in [-0.4, -0.2) is 62.0 Å². The minimum atomic E-state index is 0.324. The Kier molecular flexibility index (Phi) is 6.52. The number of piperazine rings is 1. The van der Waals surface area contributed by atoms with Crippen LogP contribution in [0, 0.1) is 5.92 Å². The van der Waals surface area contributed by atoms with Crippen LogP contribution in [0.15, 0.2) is 0 Å². The van der Waals surface area contributed by atoms with Crippen LogP contribution in [0.4, 0.5) is 0 Å². The lowest BCUT2D eigenvalue weighted by atomic mass is 10.2. The monoisotopic (exact) mass is 241 g/mol. The Labute approximate surface area is 105 Å². The summed E-state index contributed by atoms with van der Waals surface area (Å²) >= 11 is 0. The van der Waals surface area contributed by atoms with E-state index in [4.69, 9.17) is 0 Å². The highest BCUT2D eigenvalue weighted by atomic mass is 16.2. The summed E-state index contributed by atoms with van der Waals surface area (Å²) < 4.78 is 0. The van der Waals surface area contributed by atoms with Crippen molar-refractivity contribution < 1.29 is 4.79 Å². The van der Waals surface area contributed by atoms with Crippen molar-refractivity contribution in [1.82, 2.24) is 15.1 Å². The van der Waals surface area contributed by atoms with E-state index in [-0.39, 0.29) is 0 Å². The third kappa shape index (κ3) is 5.50. The Morgan fingerprint density at radius 1 is 1.24 bits per heavy atom. The normalized spacial score (nSPS) is 17.8. The molecular weight excluding hydrogens is 214 g/mol. The van der Waals surface area contributed by atoms with E-state index < -0.39 is 0 Å². The number of hydrogen-bond acceptors (Lipinski definition) is 3. The Balaban J connectivity index is 2.19. The summed E-state index contributed by atoms with van der Waals surface area (Å²) in [5, 5.41) is 3.08. The number of hydrogen-bond donors (Lipinski definition) is 1. The molecule has 0 spiro atoms. The van der Waals surface area contributed by atoms with E-state index in [0.29, 0.717) is 18.2 Å². The van der Waals surface area contributed by atoms with Crippen LogP contribution in [0.1, 0.15) is 26.7 Å². The van der Waals surface area contributed by atoms with Gasteiger partial charge in [-0.2, -0.15) is 0 Å². The van der Waals surface area contributed by atoms with Crippen LogP contribution < -0.4 is 5.32 Å². The second-order valence-corrected chi connectivity index (χ2v) is 5.28. The third-order valence-corrected chi connectivity index (χ3v) is 3.17.